The molecule has 1 atom stereocenters. The fraction of sp³-hybridized carbons (Fsp3) is 0.280. The third-order valence-electron chi connectivity index (χ3n) is 5.94. The van der Waals surface area contributed by atoms with E-state index in [9.17, 15) is 9.18 Å². The molecule has 2 bridgehead atoms. The van der Waals surface area contributed by atoms with Crippen LogP contribution in [0.15, 0.2) is 48.8 Å². The van der Waals surface area contributed by atoms with E-state index in [4.69, 9.17) is 14.2 Å². The highest BCUT2D eigenvalue weighted by molar-refractivity contribution is 6.07. The summed E-state index contributed by atoms with van der Waals surface area (Å²) in [5.74, 6) is -0.0734. The Kier molecular flexibility index (Phi) is 6.18. The summed E-state index contributed by atoms with van der Waals surface area (Å²) in [6, 6.07) is 6.43. The number of ether oxygens (including phenoxy) is 3. The molecular weight excluding hydrogens is 439 g/mol. The summed E-state index contributed by atoms with van der Waals surface area (Å²) < 4.78 is 31.3. The summed E-state index contributed by atoms with van der Waals surface area (Å²) >= 11 is 0. The lowest BCUT2D eigenvalue weighted by molar-refractivity contribution is 0.0941. The summed E-state index contributed by atoms with van der Waals surface area (Å²) in [5, 5.41) is 6.25. The van der Waals surface area contributed by atoms with Gasteiger partial charge in [0, 0.05) is 29.9 Å². The molecule has 176 valence electrons. The minimum Gasteiger partial charge on any atom is -0.492 e. The number of fused-ring (bicyclic) bond motifs is 3. The number of halogens is 1. The van der Waals surface area contributed by atoms with Gasteiger partial charge < -0.3 is 29.8 Å². The van der Waals surface area contributed by atoms with Crippen molar-refractivity contribution < 1.29 is 23.4 Å². The Hall–Kier alpha value is -3.85. The van der Waals surface area contributed by atoms with Gasteiger partial charge in [0.1, 0.15) is 12.4 Å². The number of aromatic nitrogens is 2. The molecule has 0 radical (unpaired) electrons. The number of pyridine rings is 1. The standard InChI is InChI=1S/C25H25FN4O4/c1-32-24-17(26)6-4-7-18(24)29-23-20-21-15(13-28-25(20)31)5-2-3-10-33-11-12-34-19-14-27-9-8-16(19)22(23)30-21/h2-4,6-9,14-15,29-30H,5,10-13H2,1H3,(H,28,31). The molecule has 0 saturated heterocycles. The fourth-order valence-electron chi connectivity index (χ4n) is 4.34. The Morgan fingerprint density at radius 2 is 2.15 bits per heavy atom. The van der Waals surface area contributed by atoms with Crippen LogP contribution in [0.2, 0.25) is 0 Å². The van der Waals surface area contributed by atoms with Crippen molar-refractivity contribution in [3.63, 3.8) is 0 Å². The Bertz CT molecular complexity index is 1240. The van der Waals surface area contributed by atoms with Crippen LogP contribution in [0.1, 0.15) is 28.4 Å². The molecule has 2 aromatic heterocycles. The lowest BCUT2D eigenvalue weighted by Crippen LogP contribution is -2.34. The number of hydrogen-bond acceptors (Lipinski definition) is 6. The SMILES string of the molecule is COc1c(F)cccc1Nc1c2[nH]c3c1C(=O)NCC3CC=CCOCCOc1cnccc1-2. The molecule has 34 heavy (non-hydrogen) atoms. The second-order valence-corrected chi connectivity index (χ2v) is 8.02. The molecule has 5 rings (SSSR count). The minimum atomic E-state index is -0.503. The van der Waals surface area contributed by atoms with E-state index in [-0.39, 0.29) is 17.6 Å². The zero-order chi connectivity index (χ0) is 23.5. The molecule has 0 spiro atoms. The predicted molar refractivity (Wildman–Crippen MR) is 125 cm³/mol. The molecule has 9 heteroatoms. The summed E-state index contributed by atoms with van der Waals surface area (Å²) in [5.41, 5.74) is 3.59. The lowest BCUT2D eigenvalue weighted by Gasteiger charge is -2.23. The van der Waals surface area contributed by atoms with Crippen molar-refractivity contribution in [2.75, 3.05) is 38.8 Å². The van der Waals surface area contributed by atoms with Gasteiger partial charge in [-0.1, -0.05) is 18.2 Å². The third kappa shape index (κ3) is 4.10. The number of hydrogen-bond donors (Lipinski definition) is 3. The van der Waals surface area contributed by atoms with E-state index in [1.54, 1.807) is 24.5 Å². The zero-order valence-corrected chi connectivity index (χ0v) is 18.7. The average molecular weight is 464 g/mol. The van der Waals surface area contributed by atoms with E-state index in [1.807, 2.05) is 12.1 Å². The van der Waals surface area contributed by atoms with Crippen molar-refractivity contribution in [3.8, 4) is 22.8 Å². The van der Waals surface area contributed by atoms with Crippen molar-refractivity contribution in [1.29, 1.82) is 0 Å². The minimum absolute atomic E-state index is 0.0294. The van der Waals surface area contributed by atoms with Crippen LogP contribution in [0.25, 0.3) is 11.3 Å². The highest BCUT2D eigenvalue weighted by atomic mass is 19.1. The average Bonchev–Trinajstić information content (AvgIpc) is 3.22. The molecule has 1 unspecified atom stereocenters. The number of allylic oxidation sites excluding steroid dienone is 1. The summed E-state index contributed by atoms with van der Waals surface area (Å²) in [4.78, 5) is 20.8. The van der Waals surface area contributed by atoms with Gasteiger partial charge in [-0.3, -0.25) is 9.78 Å². The van der Waals surface area contributed by atoms with Crippen molar-refractivity contribution >= 4 is 17.3 Å². The Morgan fingerprint density at radius 1 is 1.24 bits per heavy atom. The van der Waals surface area contributed by atoms with Gasteiger partial charge >= 0.3 is 0 Å². The molecule has 3 aromatic rings. The van der Waals surface area contributed by atoms with Gasteiger partial charge in [-0.2, -0.15) is 0 Å². The lowest BCUT2D eigenvalue weighted by atomic mass is 9.93. The molecule has 2 aliphatic rings. The van der Waals surface area contributed by atoms with Gasteiger partial charge in [-0.05, 0) is 24.6 Å². The first-order valence-electron chi connectivity index (χ1n) is 11.1. The number of carbonyl (C=O) groups excluding carboxylic acids is 1. The first kappa shape index (κ1) is 22.0. The molecule has 2 aliphatic heterocycles. The number of nitrogens with zero attached hydrogens (tertiary/aromatic N) is 1. The summed E-state index contributed by atoms with van der Waals surface area (Å²) in [7, 11) is 1.41. The van der Waals surface area contributed by atoms with Gasteiger partial charge in [-0.25, -0.2) is 4.39 Å². The van der Waals surface area contributed by atoms with E-state index in [1.165, 1.54) is 13.2 Å². The normalized spacial score (nSPS) is 17.7. The van der Waals surface area contributed by atoms with Gasteiger partial charge in [-0.15, -0.1) is 0 Å². The molecular formula is C25H25FN4O4. The van der Waals surface area contributed by atoms with Crippen LogP contribution in [-0.4, -0.2) is 49.4 Å². The fourth-order valence-corrected chi connectivity index (χ4v) is 4.34. The van der Waals surface area contributed by atoms with Crippen LogP contribution < -0.4 is 20.1 Å². The molecule has 3 N–H and O–H groups in total. The van der Waals surface area contributed by atoms with Gasteiger partial charge in [0.05, 0.1) is 49.2 Å². The topological polar surface area (TPSA) is 97.5 Å². The Morgan fingerprint density at radius 3 is 3.03 bits per heavy atom. The quantitative estimate of drug-likeness (QED) is 0.504. The second-order valence-electron chi connectivity index (χ2n) is 8.02. The van der Waals surface area contributed by atoms with Crippen LogP contribution in [0.3, 0.4) is 0 Å². The number of aromatic amines is 1. The number of nitrogens with one attached hydrogen (secondary N) is 3. The number of carbonyl (C=O) groups is 1. The Balaban J connectivity index is 1.71. The molecule has 1 aromatic carbocycles. The largest absolute Gasteiger partial charge is 0.492 e. The first-order chi connectivity index (χ1) is 16.7. The van der Waals surface area contributed by atoms with Crippen LogP contribution >= 0.6 is 0 Å². The summed E-state index contributed by atoms with van der Waals surface area (Å²) in [6.07, 6.45) is 8.04. The van der Waals surface area contributed by atoms with Gasteiger partial charge in [0.2, 0.25) is 0 Å². The molecule has 4 heterocycles. The maximum absolute atomic E-state index is 14.4. The van der Waals surface area contributed by atoms with Crippen molar-refractivity contribution in [3.05, 3.63) is 65.9 Å². The van der Waals surface area contributed by atoms with E-state index in [0.717, 1.165) is 17.7 Å². The molecule has 8 nitrogen and oxygen atoms in total. The third-order valence-corrected chi connectivity index (χ3v) is 5.94. The molecule has 0 aliphatic carbocycles. The second kappa shape index (κ2) is 9.56. The molecule has 0 saturated carbocycles. The maximum Gasteiger partial charge on any atom is 0.255 e. The maximum atomic E-state index is 14.4. The predicted octanol–water partition coefficient (Wildman–Crippen LogP) is 4.15. The number of methoxy groups -OCH3 is 1. The first-order valence-corrected chi connectivity index (χ1v) is 11.1. The van der Waals surface area contributed by atoms with E-state index in [2.05, 4.69) is 26.7 Å². The van der Waals surface area contributed by atoms with Crippen LogP contribution in [-0.2, 0) is 4.74 Å². The van der Waals surface area contributed by atoms with E-state index in [0.29, 0.717) is 54.7 Å². The van der Waals surface area contributed by atoms with Crippen LogP contribution in [0, 0.1) is 5.82 Å². The van der Waals surface area contributed by atoms with Crippen LogP contribution in [0.4, 0.5) is 15.8 Å². The van der Waals surface area contributed by atoms with E-state index < -0.39 is 5.82 Å². The molecule has 0 fully saturated rings. The number of H-pyrrole nitrogens is 1. The van der Waals surface area contributed by atoms with Crippen molar-refractivity contribution in [2.45, 2.75) is 12.3 Å². The Labute approximate surface area is 196 Å². The van der Waals surface area contributed by atoms with Gasteiger partial charge in [0.25, 0.3) is 5.91 Å². The van der Waals surface area contributed by atoms with Gasteiger partial charge in [0.15, 0.2) is 11.6 Å². The summed E-state index contributed by atoms with van der Waals surface area (Å²) in [6.45, 7) is 1.75. The van der Waals surface area contributed by atoms with Crippen molar-refractivity contribution in [1.82, 2.24) is 15.3 Å². The van der Waals surface area contributed by atoms with Crippen molar-refractivity contribution in [2.24, 2.45) is 0 Å². The number of benzene rings is 1. The highest BCUT2D eigenvalue weighted by Crippen LogP contribution is 2.44. The zero-order valence-electron chi connectivity index (χ0n) is 18.7. The number of amides is 1. The smallest absolute Gasteiger partial charge is 0.255 e. The number of rotatable bonds is 3. The molecule has 1 amide bonds. The van der Waals surface area contributed by atoms with E-state index >= 15 is 0 Å². The number of para-hydroxylation sites is 1. The van der Waals surface area contributed by atoms with Crippen LogP contribution in [0.5, 0.6) is 11.5 Å². The number of anilines is 2. The monoisotopic (exact) mass is 464 g/mol. The highest BCUT2D eigenvalue weighted by Gasteiger charge is 2.33.